The average molecular weight is 341 g/mol. The van der Waals surface area contributed by atoms with Gasteiger partial charge in [0, 0.05) is 12.2 Å². The average Bonchev–Trinajstić information content (AvgIpc) is 2.51. The Labute approximate surface area is 150 Å². The number of hydrogen-bond acceptors (Lipinski definition) is 2. The lowest BCUT2D eigenvalue weighted by atomic mass is 10.1. The molecule has 23 heavy (non-hydrogen) atoms. The minimum absolute atomic E-state index is 0. The fourth-order valence-corrected chi connectivity index (χ4v) is 2.88. The molecule has 0 saturated carbocycles. The summed E-state index contributed by atoms with van der Waals surface area (Å²) < 4.78 is 0. The van der Waals surface area contributed by atoms with Crippen molar-refractivity contribution in [2.75, 3.05) is 19.3 Å². The van der Waals surface area contributed by atoms with E-state index >= 15 is 0 Å². The third kappa shape index (κ3) is 12.4. The van der Waals surface area contributed by atoms with Crippen LogP contribution in [0.4, 0.5) is 5.69 Å². The number of nitrogen functional groups attached to an aromatic ring is 1. The molecule has 134 valence electrons. The number of hydrogen-bond donors (Lipinski definition) is 1. The summed E-state index contributed by atoms with van der Waals surface area (Å²) in [6.45, 7) is 4.50. The number of halogens is 1. The monoisotopic (exact) mass is 340 g/mol. The lowest BCUT2D eigenvalue weighted by Crippen LogP contribution is -2.19. The lowest BCUT2D eigenvalue weighted by molar-refractivity contribution is 0.316. The van der Waals surface area contributed by atoms with Gasteiger partial charge in [-0.2, -0.15) is 0 Å². The van der Waals surface area contributed by atoms with Crippen molar-refractivity contribution in [3.05, 3.63) is 29.8 Å². The highest BCUT2D eigenvalue weighted by Crippen LogP contribution is 2.12. The molecular formula is C20H37ClN2. The predicted molar refractivity (Wildman–Crippen MR) is 106 cm³/mol. The Hall–Kier alpha value is -0.730. The molecule has 0 aliphatic heterocycles. The van der Waals surface area contributed by atoms with Crippen LogP contribution in [0, 0.1) is 0 Å². The van der Waals surface area contributed by atoms with Crippen molar-refractivity contribution < 1.29 is 0 Å². The quantitative estimate of drug-likeness (QED) is 0.350. The Bertz CT molecular complexity index is 364. The maximum Gasteiger partial charge on any atom is 0.0314 e. The maximum absolute atomic E-state index is 5.72. The van der Waals surface area contributed by atoms with E-state index in [9.17, 15) is 0 Å². The van der Waals surface area contributed by atoms with Gasteiger partial charge in [-0.1, -0.05) is 76.8 Å². The van der Waals surface area contributed by atoms with E-state index in [0.29, 0.717) is 0 Å². The Morgan fingerprint density at radius 1 is 0.783 bits per heavy atom. The number of nitrogens with two attached hydrogens (primary N) is 1. The SMILES string of the molecule is CCCCCCCCCCCCN(C)Cc1ccc(N)cc1.Cl. The van der Waals surface area contributed by atoms with E-state index in [1.165, 1.54) is 76.3 Å². The van der Waals surface area contributed by atoms with Crippen LogP contribution in [0.15, 0.2) is 24.3 Å². The van der Waals surface area contributed by atoms with Gasteiger partial charge in [0.1, 0.15) is 0 Å². The van der Waals surface area contributed by atoms with Gasteiger partial charge >= 0.3 is 0 Å². The zero-order valence-corrected chi connectivity index (χ0v) is 16.0. The first kappa shape index (κ1) is 22.3. The van der Waals surface area contributed by atoms with E-state index in [1.807, 2.05) is 12.1 Å². The minimum Gasteiger partial charge on any atom is -0.399 e. The molecule has 0 atom stereocenters. The molecule has 1 aromatic rings. The summed E-state index contributed by atoms with van der Waals surface area (Å²) in [5, 5.41) is 0. The van der Waals surface area contributed by atoms with E-state index < -0.39 is 0 Å². The molecule has 3 heteroatoms. The zero-order chi connectivity index (χ0) is 16.0. The Kier molecular flexibility index (Phi) is 14.4. The summed E-state index contributed by atoms with van der Waals surface area (Å²) in [4.78, 5) is 2.41. The molecule has 0 heterocycles. The van der Waals surface area contributed by atoms with Gasteiger partial charge < -0.3 is 10.6 Å². The van der Waals surface area contributed by atoms with Crippen LogP contribution in [-0.4, -0.2) is 18.5 Å². The molecule has 0 saturated heterocycles. The van der Waals surface area contributed by atoms with E-state index in [1.54, 1.807) is 0 Å². The summed E-state index contributed by atoms with van der Waals surface area (Å²) in [5.41, 5.74) is 7.91. The van der Waals surface area contributed by atoms with Crippen LogP contribution in [0.2, 0.25) is 0 Å². The maximum atomic E-state index is 5.72. The molecule has 0 bridgehead atoms. The Morgan fingerprint density at radius 2 is 1.26 bits per heavy atom. The van der Waals surface area contributed by atoms with Gasteiger partial charge in [-0.05, 0) is 37.7 Å². The molecule has 0 spiro atoms. The number of nitrogens with zero attached hydrogens (tertiary/aromatic N) is 1. The second kappa shape index (κ2) is 14.8. The number of benzene rings is 1. The highest BCUT2D eigenvalue weighted by molar-refractivity contribution is 5.85. The van der Waals surface area contributed by atoms with Gasteiger partial charge in [-0.3, -0.25) is 0 Å². The molecule has 0 aliphatic carbocycles. The molecule has 1 rings (SSSR count). The van der Waals surface area contributed by atoms with Crippen molar-refractivity contribution in [1.82, 2.24) is 4.90 Å². The van der Waals surface area contributed by atoms with E-state index in [2.05, 4.69) is 31.0 Å². The molecule has 1 aromatic carbocycles. The van der Waals surface area contributed by atoms with Crippen molar-refractivity contribution in [1.29, 1.82) is 0 Å². The van der Waals surface area contributed by atoms with Crippen molar-refractivity contribution in [2.45, 2.75) is 77.7 Å². The first-order valence-corrected chi connectivity index (χ1v) is 9.25. The summed E-state index contributed by atoms with van der Waals surface area (Å²) in [6, 6.07) is 8.24. The normalized spacial score (nSPS) is 10.7. The number of anilines is 1. The van der Waals surface area contributed by atoms with Crippen LogP contribution >= 0.6 is 12.4 Å². The van der Waals surface area contributed by atoms with Crippen molar-refractivity contribution in [3.8, 4) is 0 Å². The summed E-state index contributed by atoms with van der Waals surface area (Å²) in [5.74, 6) is 0. The second-order valence-electron chi connectivity index (χ2n) is 6.66. The third-order valence-corrected chi connectivity index (χ3v) is 4.33. The van der Waals surface area contributed by atoms with Gasteiger partial charge in [0.15, 0.2) is 0 Å². The standard InChI is InChI=1S/C20H36N2.ClH/c1-3-4-5-6-7-8-9-10-11-12-17-22(2)18-19-13-15-20(21)16-14-19;/h13-16H,3-12,17-18,21H2,1-2H3;1H. The molecule has 0 unspecified atom stereocenters. The van der Waals surface area contributed by atoms with Crippen LogP contribution in [0.25, 0.3) is 0 Å². The fourth-order valence-electron chi connectivity index (χ4n) is 2.88. The van der Waals surface area contributed by atoms with Gasteiger partial charge in [0.05, 0.1) is 0 Å². The predicted octanol–water partition coefficient (Wildman–Crippen LogP) is 6.04. The number of unbranched alkanes of at least 4 members (excludes halogenated alkanes) is 9. The molecule has 2 N–H and O–H groups in total. The van der Waals surface area contributed by atoms with Gasteiger partial charge in [-0.15, -0.1) is 12.4 Å². The Morgan fingerprint density at radius 3 is 1.78 bits per heavy atom. The first-order chi connectivity index (χ1) is 10.7. The minimum atomic E-state index is 0. The smallest absolute Gasteiger partial charge is 0.0314 e. The molecule has 0 amide bonds. The van der Waals surface area contributed by atoms with Crippen molar-refractivity contribution in [3.63, 3.8) is 0 Å². The molecule has 0 aliphatic rings. The van der Waals surface area contributed by atoms with E-state index in [-0.39, 0.29) is 12.4 Å². The third-order valence-electron chi connectivity index (χ3n) is 4.33. The van der Waals surface area contributed by atoms with Gasteiger partial charge in [-0.25, -0.2) is 0 Å². The highest BCUT2D eigenvalue weighted by Gasteiger charge is 2.00. The van der Waals surface area contributed by atoms with E-state index in [0.717, 1.165) is 12.2 Å². The van der Waals surface area contributed by atoms with Crippen LogP contribution in [0.5, 0.6) is 0 Å². The van der Waals surface area contributed by atoms with Crippen molar-refractivity contribution >= 4 is 18.1 Å². The van der Waals surface area contributed by atoms with Crippen LogP contribution < -0.4 is 5.73 Å². The second-order valence-corrected chi connectivity index (χ2v) is 6.66. The van der Waals surface area contributed by atoms with Crippen LogP contribution in [0.3, 0.4) is 0 Å². The number of rotatable bonds is 13. The first-order valence-electron chi connectivity index (χ1n) is 9.25. The summed E-state index contributed by atoms with van der Waals surface area (Å²) in [7, 11) is 2.21. The summed E-state index contributed by atoms with van der Waals surface area (Å²) >= 11 is 0. The molecule has 0 radical (unpaired) electrons. The van der Waals surface area contributed by atoms with Crippen LogP contribution in [0.1, 0.15) is 76.7 Å². The Balaban J connectivity index is 0.00000484. The van der Waals surface area contributed by atoms with Crippen LogP contribution in [-0.2, 0) is 6.54 Å². The molecular weight excluding hydrogens is 304 g/mol. The van der Waals surface area contributed by atoms with E-state index in [4.69, 9.17) is 5.73 Å². The highest BCUT2D eigenvalue weighted by atomic mass is 35.5. The topological polar surface area (TPSA) is 29.3 Å². The molecule has 0 fully saturated rings. The molecule has 0 aromatic heterocycles. The van der Waals surface area contributed by atoms with Crippen molar-refractivity contribution in [2.24, 2.45) is 0 Å². The fraction of sp³-hybridized carbons (Fsp3) is 0.700. The lowest BCUT2D eigenvalue weighted by Gasteiger charge is -2.16. The van der Waals surface area contributed by atoms with Gasteiger partial charge in [0.25, 0.3) is 0 Å². The zero-order valence-electron chi connectivity index (χ0n) is 15.2. The van der Waals surface area contributed by atoms with Gasteiger partial charge in [0.2, 0.25) is 0 Å². The largest absolute Gasteiger partial charge is 0.399 e. The molecule has 2 nitrogen and oxygen atoms in total. The summed E-state index contributed by atoms with van der Waals surface area (Å²) in [6.07, 6.45) is 14.1.